The first-order valence-electron chi connectivity index (χ1n) is 6.27. The van der Waals surface area contributed by atoms with Crippen molar-refractivity contribution in [3.05, 3.63) is 12.6 Å². The highest BCUT2D eigenvalue weighted by Crippen LogP contribution is 2.58. The molecule has 0 aromatic rings. The molecule has 0 bridgehead atoms. The molecule has 0 radical (unpaired) electrons. The van der Waals surface area contributed by atoms with E-state index in [1.807, 2.05) is 0 Å². The monoisotopic (exact) mass is 271 g/mol. The van der Waals surface area contributed by atoms with Gasteiger partial charge in [-0.2, -0.15) is 0 Å². The number of carbonyl (C=O) groups is 3. The van der Waals surface area contributed by atoms with Crippen LogP contribution >= 0.6 is 0 Å². The molecule has 1 rings (SSSR count). The minimum absolute atomic E-state index is 0.428. The number of hydrogen-bond donors (Lipinski definition) is 0. The van der Waals surface area contributed by atoms with Gasteiger partial charge in [0.15, 0.2) is 5.41 Å². The van der Waals surface area contributed by atoms with Gasteiger partial charge in [-0.3, -0.25) is 14.4 Å². The lowest BCUT2D eigenvalue weighted by atomic mass is 9.83. The predicted octanol–water partition coefficient (Wildman–Crippen LogP) is 0.560. The smallest absolute Gasteiger partial charge is 0.323 e. The Labute approximate surface area is 113 Å². The van der Waals surface area contributed by atoms with Crippen LogP contribution in [-0.4, -0.2) is 39.2 Å². The summed E-state index contributed by atoms with van der Waals surface area (Å²) in [6, 6.07) is 0. The third-order valence-electron chi connectivity index (χ3n) is 3.66. The average Bonchev–Trinajstić information content (AvgIpc) is 3.18. The largest absolute Gasteiger partial charge is 0.469 e. The van der Waals surface area contributed by atoms with Gasteiger partial charge in [-0.25, -0.2) is 0 Å². The van der Waals surface area contributed by atoms with E-state index in [9.17, 15) is 14.4 Å². The molecule has 1 aliphatic rings. The van der Waals surface area contributed by atoms with Crippen molar-refractivity contribution in [1.29, 1.82) is 0 Å². The van der Waals surface area contributed by atoms with Crippen LogP contribution in [0.1, 0.15) is 8.29 Å². The van der Waals surface area contributed by atoms with E-state index in [2.05, 4.69) is 14.2 Å². The van der Waals surface area contributed by atoms with Crippen molar-refractivity contribution in [1.82, 2.24) is 0 Å². The first kappa shape index (κ1) is 13.6. The Balaban J connectivity index is 3.18. The van der Waals surface area contributed by atoms with Crippen LogP contribution in [-0.2, 0) is 28.6 Å². The van der Waals surface area contributed by atoms with E-state index < -0.39 is 41.1 Å². The van der Waals surface area contributed by atoms with E-state index in [0.717, 1.165) is 20.8 Å². The lowest BCUT2D eigenvalue weighted by Gasteiger charge is -2.24. The molecule has 6 nitrogen and oxygen atoms in total. The Morgan fingerprint density at radius 1 is 1.16 bits per heavy atom. The zero-order chi connectivity index (χ0) is 15.5. The van der Waals surface area contributed by atoms with Crippen LogP contribution in [0.4, 0.5) is 0 Å². The molecule has 0 amide bonds. The normalized spacial score (nSPS) is 26.5. The number of esters is 3. The molecule has 0 aliphatic heterocycles. The summed E-state index contributed by atoms with van der Waals surface area (Å²) in [5.74, 6) is -3.81. The lowest BCUT2D eigenvalue weighted by Crippen LogP contribution is -2.41. The molecule has 0 N–H and O–H groups in total. The Morgan fingerprint density at radius 3 is 2.05 bits per heavy atom. The molecule has 1 aliphatic carbocycles. The molecule has 106 valence electrons. The van der Waals surface area contributed by atoms with Crippen molar-refractivity contribution >= 4 is 17.9 Å². The molecule has 0 aromatic heterocycles. The zero-order valence-corrected chi connectivity index (χ0v) is 11.3. The van der Waals surface area contributed by atoms with Crippen LogP contribution in [0.3, 0.4) is 0 Å². The molecule has 0 heterocycles. The van der Waals surface area contributed by atoms with Crippen molar-refractivity contribution in [3.63, 3.8) is 0 Å². The number of allylic oxidation sites excluding steroid dienone is 1. The van der Waals surface area contributed by atoms with Crippen molar-refractivity contribution < 1.29 is 30.0 Å². The fourth-order valence-corrected chi connectivity index (χ4v) is 2.54. The SMILES string of the molecule is [2H]C=C[C@@H]1[C@H](C(=O)OC)[C@H]1C(C)(C(=O)OC)C(=O)OC. The van der Waals surface area contributed by atoms with Gasteiger partial charge in [0.1, 0.15) is 0 Å². The van der Waals surface area contributed by atoms with Crippen LogP contribution < -0.4 is 0 Å². The topological polar surface area (TPSA) is 78.9 Å². The first-order chi connectivity index (χ1) is 9.39. The molecular formula is C13H18O6. The summed E-state index contributed by atoms with van der Waals surface area (Å²) in [6.45, 7) is 2.40. The highest BCUT2D eigenvalue weighted by Gasteiger charge is 2.68. The van der Waals surface area contributed by atoms with Gasteiger partial charge in [0.25, 0.3) is 0 Å². The number of hydrogen-bond acceptors (Lipinski definition) is 6. The second-order valence-electron chi connectivity index (χ2n) is 4.53. The number of rotatable bonds is 5. The van der Waals surface area contributed by atoms with Crippen LogP contribution in [0.2, 0.25) is 0 Å². The molecule has 0 spiro atoms. The minimum atomic E-state index is -1.60. The molecule has 6 heteroatoms. The van der Waals surface area contributed by atoms with E-state index in [1.54, 1.807) is 0 Å². The van der Waals surface area contributed by atoms with Gasteiger partial charge in [-0.05, 0) is 12.8 Å². The van der Waals surface area contributed by atoms with Crippen molar-refractivity contribution in [2.75, 3.05) is 21.3 Å². The lowest BCUT2D eigenvalue weighted by molar-refractivity contribution is -0.170. The van der Waals surface area contributed by atoms with E-state index in [0.29, 0.717) is 0 Å². The summed E-state index contributed by atoms with van der Waals surface area (Å²) in [4.78, 5) is 35.7. The molecule has 0 saturated heterocycles. The summed E-state index contributed by atoms with van der Waals surface area (Å²) in [6.07, 6.45) is 1.45. The highest BCUT2D eigenvalue weighted by molar-refractivity contribution is 6.01. The molecule has 3 atom stereocenters. The Hall–Kier alpha value is -1.85. The fraction of sp³-hybridized carbons (Fsp3) is 0.615. The van der Waals surface area contributed by atoms with Gasteiger partial charge in [-0.15, -0.1) is 6.55 Å². The van der Waals surface area contributed by atoms with E-state index in [1.165, 1.54) is 20.1 Å². The molecule has 19 heavy (non-hydrogen) atoms. The standard InChI is InChI=1S/C13H18O6/c1-6-7-8(10(14)17-3)9(7)13(2,11(15)18-4)12(16)19-5/h6-9H,1H2,2-5H3/t7-,8+,9+/m1/s1/i1D. The van der Waals surface area contributed by atoms with Crippen molar-refractivity contribution in [2.45, 2.75) is 6.92 Å². The van der Waals surface area contributed by atoms with Crippen LogP contribution in [0.15, 0.2) is 12.6 Å². The van der Waals surface area contributed by atoms with Gasteiger partial charge in [0.2, 0.25) is 0 Å². The van der Waals surface area contributed by atoms with Gasteiger partial charge in [0.05, 0.1) is 28.6 Å². The van der Waals surface area contributed by atoms with E-state index in [4.69, 9.17) is 1.37 Å². The number of methoxy groups -OCH3 is 3. The molecule has 1 fully saturated rings. The number of carbonyl (C=O) groups excluding carboxylic acids is 3. The number of ether oxygens (including phenoxy) is 3. The van der Waals surface area contributed by atoms with E-state index >= 15 is 0 Å². The zero-order valence-electron chi connectivity index (χ0n) is 12.3. The Morgan fingerprint density at radius 2 is 1.68 bits per heavy atom. The summed E-state index contributed by atoms with van der Waals surface area (Å²) in [5, 5.41) is 0. The van der Waals surface area contributed by atoms with Gasteiger partial charge >= 0.3 is 17.9 Å². The quantitative estimate of drug-likeness (QED) is 0.314. The molecule has 0 unspecified atom stereocenters. The third kappa shape index (κ3) is 2.22. The van der Waals surface area contributed by atoms with Crippen LogP contribution in [0.25, 0.3) is 0 Å². The summed E-state index contributed by atoms with van der Waals surface area (Å²) in [5.41, 5.74) is -1.60. The van der Waals surface area contributed by atoms with Crippen LogP contribution in [0.5, 0.6) is 0 Å². The second kappa shape index (κ2) is 5.42. The Bertz CT molecular complexity index is 428. The van der Waals surface area contributed by atoms with Gasteiger partial charge < -0.3 is 14.2 Å². The first-order valence-corrected chi connectivity index (χ1v) is 5.69. The minimum Gasteiger partial charge on any atom is -0.469 e. The van der Waals surface area contributed by atoms with Crippen molar-refractivity contribution in [2.24, 2.45) is 23.2 Å². The highest BCUT2D eigenvalue weighted by atomic mass is 16.5. The molecular weight excluding hydrogens is 252 g/mol. The average molecular weight is 271 g/mol. The molecule has 0 aromatic carbocycles. The fourth-order valence-electron chi connectivity index (χ4n) is 2.54. The second-order valence-corrected chi connectivity index (χ2v) is 4.53. The summed E-state index contributed by atoms with van der Waals surface area (Å²) < 4.78 is 21.1. The predicted molar refractivity (Wildman–Crippen MR) is 64.8 cm³/mol. The Kier molecular flexibility index (Phi) is 3.87. The summed E-state index contributed by atoms with van der Waals surface area (Å²) in [7, 11) is 3.55. The van der Waals surface area contributed by atoms with Crippen LogP contribution in [0, 0.1) is 23.2 Å². The maximum Gasteiger partial charge on any atom is 0.323 e. The van der Waals surface area contributed by atoms with Crippen molar-refractivity contribution in [3.8, 4) is 0 Å². The third-order valence-corrected chi connectivity index (χ3v) is 3.66. The maximum atomic E-state index is 12.0. The molecule has 1 saturated carbocycles. The van der Waals surface area contributed by atoms with E-state index in [-0.39, 0.29) is 0 Å². The maximum absolute atomic E-state index is 12.0. The van der Waals surface area contributed by atoms with Gasteiger partial charge in [-0.1, -0.05) is 6.08 Å². The summed E-state index contributed by atoms with van der Waals surface area (Å²) >= 11 is 0. The van der Waals surface area contributed by atoms with Gasteiger partial charge in [0, 0.05) is 5.92 Å².